The van der Waals surface area contributed by atoms with Crippen LogP contribution in [0.25, 0.3) is 0 Å². The molecule has 0 aliphatic heterocycles. The Balaban J connectivity index is 2.28. The molecule has 0 saturated heterocycles. The Morgan fingerprint density at radius 2 is 2.00 bits per heavy atom. The lowest BCUT2D eigenvalue weighted by Gasteiger charge is -2.22. The van der Waals surface area contributed by atoms with Crippen molar-refractivity contribution in [3.8, 4) is 0 Å². The minimum atomic E-state index is -3.04. The van der Waals surface area contributed by atoms with E-state index in [1.807, 2.05) is 12.1 Å². The fraction of sp³-hybridized carbons (Fsp3) is 0.615. The molecule has 0 fully saturated rings. The van der Waals surface area contributed by atoms with Gasteiger partial charge in [-0.25, -0.2) is 13.6 Å². The van der Waals surface area contributed by atoms with E-state index in [9.17, 15) is 13.6 Å². The Morgan fingerprint density at radius 3 is 2.52 bits per heavy atom. The van der Waals surface area contributed by atoms with Crippen LogP contribution in [0.4, 0.5) is 13.6 Å². The van der Waals surface area contributed by atoms with Gasteiger partial charge in [0.1, 0.15) is 5.60 Å². The highest BCUT2D eigenvalue weighted by Crippen LogP contribution is 2.22. The number of halogens is 3. The number of carbonyl (C=O) groups is 1. The first-order valence-electron chi connectivity index (χ1n) is 6.37. The molecule has 1 amide bonds. The zero-order valence-corrected chi connectivity index (χ0v) is 14.5. The molecule has 1 aromatic heterocycles. The summed E-state index contributed by atoms with van der Waals surface area (Å²) in [6.07, 6.45) is -0.843. The number of thiophene rings is 1. The molecular formula is C13H19BrF2N2O2S. The highest BCUT2D eigenvalue weighted by atomic mass is 79.9. The molecule has 2 N–H and O–H groups in total. The fourth-order valence-corrected chi connectivity index (χ4v) is 2.85. The van der Waals surface area contributed by atoms with E-state index in [-0.39, 0.29) is 0 Å². The van der Waals surface area contributed by atoms with E-state index >= 15 is 0 Å². The van der Waals surface area contributed by atoms with Gasteiger partial charge >= 0.3 is 6.09 Å². The minimum absolute atomic E-state index is 0.359. The van der Waals surface area contributed by atoms with Crippen molar-refractivity contribution in [2.45, 2.75) is 38.8 Å². The molecule has 0 radical (unpaired) electrons. The van der Waals surface area contributed by atoms with Crippen LogP contribution in [0.3, 0.4) is 0 Å². The van der Waals surface area contributed by atoms with Crippen LogP contribution in [0.2, 0.25) is 0 Å². The third-order valence-electron chi connectivity index (χ3n) is 2.20. The number of rotatable bonds is 6. The van der Waals surface area contributed by atoms with Gasteiger partial charge in [-0.1, -0.05) is 0 Å². The van der Waals surface area contributed by atoms with Crippen LogP contribution in [0.15, 0.2) is 15.9 Å². The molecule has 120 valence electrons. The standard InChI is InChI=1S/C13H19BrF2N2O2S/c1-12(2,3)20-11(19)18-8-13(15,16)7-17-6-9-4-5-10(14)21-9/h4-5,17H,6-8H2,1-3H3,(H,18,19). The molecule has 0 saturated carbocycles. The maximum atomic E-state index is 13.6. The van der Waals surface area contributed by atoms with E-state index in [0.29, 0.717) is 6.54 Å². The molecule has 1 heterocycles. The van der Waals surface area contributed by atoms with E-state index in [4.69, 9.17) is 4.74 Å². The lowest BCUT2D eigenvalue weighted by molar-refractivity contribution is -0.00372. The molecule has 1 aromatic rings. The number of hydrogen-bond donors (Lipinski definition) is 2. The Hall–Kier alpha value is -0.730. The topological polar surface area (TPSA) is 50.4 Å². The predicted molar refractivity (Wildman–Crippen MR) is 82.9 cm³/mol. The summed E-state index contributed by atoms with van der Waals surface area (Å²) in [6.45, 7) is 4.10. The lowest BCUT2D eigenvalue weighted by atomic mass is 10.2. The van der Waals surface area contributed by atoms with E-state index in [0.717, 1.165) is 8.66 Å². The first-order chi connectivity index (χ1) is 9.57. The fourth-order valence-electron chi connectivity index (χ4n) is 1.39. The number of alkyl carbamates (subject to hydrolysis) is 1. The quantitative estimate of drug-likeness (QED) is 0.784. The maximum Gasteiger partial charge on any atom is 0.407 e. The molecule has 0 unspecified atom stereocenters. The van der Waals surface area contributed by atoms with Gasteiger partial charge in [-0.15, -0.1) is 11.3 Å². The highest BCUT2D eigenvalue weighted by Gasteiger charge is 2.30. The third-order valence-corrected chi connectivity index (χ3v) is 3.83. The van der Waals surface area contributed by atoms with Gasteiger partial charge in [-0.2, -0.15) is 0 Å². The van der Waals surface area contributed by atoms with Crippen molar-refractivity contribution in [2.24, 2.45) is 0 Å². The largest absolute Gasteiger partial charge is 0.444 e. The predicted octanol–water partition coefficient (Wildman–Crippen LogP) is 3.76. The van der Waals surface area contributed by atoms with Crippen LogP contribution in [0.5, 0.6) is 0 Å². The molecule has 0 bridgehead atoms. The van der Waals surface area contributed by atoms with Crippen molar-refractivity contribution in [3.05, 3.63) is 20.8 Å². The smallest absolute Gasteiger partial charge is 0.407 e. The lowest BCUT2D eigenvalue weighted by Crippen LogP contribution is -2.44. The van der Waals surface area contributed by atoms with E-state index < -0.39 is 30.7 Å². The van der Waals surface area contributed by atoms with E-state index in [1.54, 1.807) is 20.8 Å². The number of nitrogens with one attached hydrogen (secondary N) is 2. The summed E-state index contributed by atoms with van der Waals surface area (Å²) in [7, 11) is 0. The average molecular weight is 385 g/mol. The summed E-state index contributed by atoms with van der Waals surface area (Å²) < 4.78 is 33.0. The number of hydrogen-bond acceptors (Lipinski definition) is 4. The molecule has 21 heavy (non-hydrogen) atoms. The summed E-state index contributed by atoms with van der Waals surface area (Å²) >= 11 is 4.79. The second-order valence-electron chi connectivity index (χ2n) is 5.52. The third kappa shape index (κ3) is 8.33. The van der Waals surface area contributed by atoms with Gasteiger partial charge in [0, 0.05) is 11.4 Å². The van der Waals surface area contributed by atoms with Crippen LogP contribution >= 0.6 is 27.3 Å². The second kappa shape index (κ2) is 7.51. The Kier molecular flexibility index (Phi) is 6.55. The minimum Gasteiger partial charge on any atom is -0.444 e. The Morgan fingerprint density at radius 1 is 1.33 bits per heavy atom. The van der Waals surface area contributed by atoms with Crippen LogP contribution in [-0.2, 0) is 11.3 Å². The first-order valence-corrected chi connectivity index (χ1v) is 7.98. The summed E-state index contributed by atoms with van der Waals surface area (Å²) in [4.78, 5) is 12.3. The van der Waals surface area contributed by atoms with Crippen LogP contribution in [0.1, 0.15) is 25.6 Å². The van der Waals surface area contributed by atoms with Crippen molar-refractivity contribution < 1.29 is 18.3 Å². The van der Waals surface area contributed by atoms with Gasteiger partial charge < -0.3 is 15.4 Å². The number of ether oxygens (including phenoxy) is 1. The van der Waals surface area contributed by atoms with Gasteiger partial charge in [0.15, 0.2) is 0 Å². The van der Waals surface area contributed by atoms with Gasteiger partial charge in [0.05, 0.1) is 16.9 Å². The average Bonchev–Trinajstić information content (AvgIpc) is 2.70. The van der Waals surface area contributed by atoms with Crippen molar-refractivity contribution in [1.29, 1.82) is 0 Å². The van der Waals surface area contributed by atoms with Crippen molar-refractivity contribution >= 4 is 33.4 Å². The zero-order chi connectivity index (χ0) is 16.1. The summed E-state index contributed by atoms with van der Waals surface area (Å²) in [5, 5.41) is 4.75. The first kappa shape index (κ1) is 18.3. The highest BCUT2D eigenvalue weighted by molar-refractivity contribution is 9.11. The maximum absolute atomic E-state index is 13.6. The summed E-state index contributed by atoms with van der Waals surface area (Å²) in [5.74, 6) is -3.04. The molecule has 1 rings (SSSR count). The molecule has 0 aliphatic rings. The summed E-state index contributed by atoms with van der Waals surface area (Å²) in [6, 6.07) is 3.72. The van der Waals surface area contributed by atoms with Crippen LogP contribution in [-0.4, -0.2) is 30.7 Å². The number of carbonyl (C=O) groups excluding carboxylic acids is 1. The van der Waals surface area contributed by atoms with Gasteiger partial charge in [-0.05, 0) is 48.8 Å². The van der Waals surface area contributed by atoms with Crippen molar-refractivity contribution in [1.82, 2.24) is 10.6 Å². The van der Waals surface area contributed by atoms with Gasteiger partial charge in [0.25, 0.3) is 5.92 Å². The Labute approximate surface area is 135 Å². The Bertz CT molecular complexity index is 475. The number of amides is 1. The number of alkyl halides is 2. The van der Waals surface area contributed by atoms with Gasteiger partial charge in [-0.3, -0.25) is 0 Å². The molecule has 0 atom stereocenters. The molecular weight excluding hydrogens is 366 g/mol. The molecule has 4 nitrogen and oxygen atoms in total. The second-order valence-corrected chi connectivity index (χ2v) is 8.07. The summed E-state index contributed by atoms with van der Waals surface area (Å²) in [5.41, 5.74) is -0.704. The van der Waals surface area contributed by atoms with Crippen LogP contribution in [0, 0.1) is 0 Å². The van der Waals surface area contributed by atoms with Crippen LogP contribution < -0.4 is 10.6 Å². The normalized spacial score (nSPS) is 12.3. The van der Waals surface area contributed by atoms with Gasteiger partial charge in [0.2, 0.25) is 0 Å². The van der Waals surface area contributed by atoms with Crippen molar-refractivity contribution in [2.75, 3.05) is 13.1 Å². The molecule has 0 aliphatic carbocycles. The monoisotopic (exact) mass is 384 g/mol. The zero-order valence-electron chi connectivity index (χ0n) is 12.1. The van der Waals surface area contributed by atoms with E-state index in [2.05, 4.69) is 26.6 Å². The van der Waals surface area contributed by atoms with Crippen molar-refractivity contribution in [3.63, 3.8) is 0 Å². The molecule has 0 aromatic carbocycles. The SMILES string of the molecule is CC(C)(C)OC(=O)NCC(F)(F)CNCc1ccc(Br)s1. The van der Waals surface area contributed by atoms with E-state index in [1.165, 1.54) is 11.3 Å². The molecule has 0 spiro atoms. The molecule has 8 heteroatoms.